The molecule has 0 atom stereocenters. The lowest BCUT2D eigenvalue weighted by Crippen LogP contribution is -2.44. The molecule has 1 rings (SSSR count). The third kappa shape index (κ3) is 8.53. The van der Waals surface area contributed by atoms with Gasteiger partial charge in [-0.25, -0.2) is 4.79 Å². The summed E-state index contributed by atoms with van der Waals surface area (Å²) in [7, 11) is 0. The summed E-state index contributed by atoms with van der Waals surface area (Å²) in [6.07, 6.45) is 1.63. The summed E-state index contributed by atoms with van der Waals surface area (Å²) in [6.45, 7) is 14.1. The van der Waals surface area contributed by atoms with Gasteiger partial charge in [-0.1, -0.05) is 0 Å². The molecular formula is C17H34N2O4. The number of carbonyl (C=O) groups is 1. The van der Waals surface area contributed by atoms with Gasteiger partial charge < -0.3 is 24.4 Å². The molecule has 0 aromatic heterocycles. The fraction of sp³-hybridized carbons (Fsp3) is 0.941. The van der Waals surface area contributed by atoms with Crippen LogP contribution in [-0.4, -0.2) is 62.3 Å². The van der Waals surface area contributed by atoms with Crippen LogP contribution in [0.4, 0.5) is 4.79 Å². The van der Waals surface area contributed by atoms with E-state index in [1.165, 1.54) is 0 Å². The Hall–Kier alpha value is -0.850. The average Bonchev–Trinajstić information content (AvgIpc) is 2.46. The molecule has 136 valence electrons. The first kappa shape index (κ1) is 20.2. The third-order valence-corrected chi connectivity index (χ3v) is 3.72. The molecule has 0 aliphatic carbocycles. The highest BCUT2D eigenvalue weighted by atomic mass is 16.7. The summed E-state index contributed by atoms with van der Waals surface area (Å²) in [6, 6.07) is 0. The second-order valence-corrected chi connectivity index (χ2v) is 6.91. The van der Waals surface area contributed by atoms with Gasteiger partial charge in [0.05, 0.1) is 0 Å². The quantitative estimate of drug-likeness (QED) is 0.693. The Morgan fingerprint density at radius 2 is 1.74 bits per heavy atom. The number of likely N-dealkylation sites (tertiary alicyclic amines) is 1. The van der Waals surface area contributed by atoms with Crippen LogP contribution in [0.3, 0.4) is 0 Å². The number of piperidine rings is 1. The number of rotatable bonds is 8. The Morgan fingerprint density at radius 3 is 2.22 bits per heavy atom. The molecule has 1 saturated heterocycles. The third-order valence-electron chi connectivity index (χ3n) is 3.72. The molecule has 0 radical (unpaired) electrons. The first-order chi connectivity index (χ1) is 10.9. The van der Waals surface area contributed by atoms with Crippen LogP contribution >= 0.6 is 0 Å². The van der Waals surface area contributed by atoms with Crippen molar-refractivity contribution < 1.29 is 19.0 Å². The lowest BCUT2D eigenvalue weighted by Gasteiger charge is -2.33. The van der Waals surface area contributed by atoms with E-state index >= 15 is 0 Å². The van der Waals surface area contributed by atoms with Crippen LogP contribution in [0.1, 0.15) is 47.5 Å². The number of nitrogens with one attached hydrogen (secondary N) is 1. The van der Waals surface area contributed by atoms with E-state index in [-0.39, 0.29) is 12.4 Å². The van der Waals surface area contributed by atoms with Gasteiger partial charge >= 0.3 is 6.09 Å². The van der Waals surface area contributed by atoms with Crippen LogP contribution in [0.25, 0.3) is 0 Å². The molecule has 1 heterocycles. The molecule has 1 aliphatic rings. The molecule has 1 fully saturated rings. The van der Waals surface area contributed by atoms with Gasteiger partial charge in [0.25, 0.3) is 0 Å². The molecule has 0 saturated carbocycles. The molecule has 0 aromatic carbocycles. The highest BCUT2D eigenvalue weighted by Gasteiger charge is 2.26. The lowest BCUT2D eigenvalue weighted by molar-refractivity contribution is -0.133. The topological polar surface area (TPSA) is 60.0 Å². The van der Waals surface area contributed by atoms with Gasteiger partial charge in [0.1, 0.15) is 5.60 Å². The summed E-state index contributed by atoms with van der Waals surface area (Å²) < 4.78 is 16.4. The minimum absolute atomic E-state index is 0.174. The van der Waals surface area contributed by atoms with Crippen LogP contribution < -0.4 is 5.32 Å². The largest absolute Gasteiger partial charge is 0.444 e. The minimum atomic E-state index is -0.428. The Morgan fingerprint density at radius 1 is 1.17 bits per heavy atom. The zero-order valence-electron chi connectivity index (χ0n) is 15.4. The molecule has 0 bridgehead atoms. The van der Waals surface area contributed by atoms with Crippen molar-refractivity contribution >= 4 is 6.09 Å². The molecule has 0 unspecified atom stereocenters. The van der Waals surface area contributed by atoms with Crippen molar-refractivity contribution in [3.05, 3.63) is 0 Å². The fourth-order valence-corrected chi connectivity index (χ4v) is 2.59. The number of ether oxygens (including phenoxy) is 3. The lowest BCUT2D eigenvalue weighted by atomic mass is 9.97. The van der Waals surface area contributed by atoms with Crippen molar-refractivity contribution in [1.82, 2.24) is 10.2 Å². The van der Waals surface area contributed by atoms with Crippen LogP contribution in [0.5, 0.6) is 0 Å². The SMILES string of the molecule is CCOC(CNCC1CCN(C(=O)OC(C)(C)C)CC1)OCC. The summed E-state index contributed by atoms with van der Waals surface area (Å²) in [5.41, 5.74) is -0.428. The van der Waals surface area contributed by atoms with Gasteiger partial charge in [-0.2, -0.15) is 0 Å². The maximum absolute atomic E-state index is 12.0. The highest BCUT2D eigenvalue weighted by molar-refractivity contribution is 5.68. The van der Waals surface area contributed by atoms with Gasteiger partial charge in [0.2, 0.25) is 0 Å². The predicted molar refractivity (Wildman–Crippen MR) is 90.4 cm³/mol. The summed E-state index contributed by atoms with van der Waals surface area (Å²) in [5.74, 6) is 0.581. The number of carbonyl (C=O) groups excluding carboxylic acids is 1. The number of hydrogen-bond acceptors (Lipinski definition) is 5. The Bertz CT molecular complexity index is 330. The van der Waals surface area contributed by atoms with Gasteiger partial charge in [-0.15, -0.1) is 0 Å². The standard InChI is InChI=1S/C17H34N2O4/c1-6-21-15(22-7-2)13-18-12-14-8-10-19(11-9-14)16(20)23-17(3,4)5/h14-15,18H,6-13H2,1-5H3. The number of nitrogens with zero attached hydrogens (tertiary/aromatic N) is 1. The van der Waals surface area contributed by atoms with Crippen molar-refractivity contribution in [3.8, 4) is 0 Å². The number of amides is 1. The molecule has 1 amide bonds. The zero-order valence-corrected chi connectivity index (χ0v) is 15.4. The Balaban J connectivity index is 2.22. The van der Waals surface area contributed by atoms with Crippen LogP contribution in [0.2, 0.25) is 0 Å². The molecule has 1 aliphatic heterocycles. The van der Waals surface area contributed by atoms with E-state index in [1.54, 1.807) is 0 Å². The van der Waals surface area contributed by atoms with Crippen LogP contribution in [0.15, 0.2) is 0 Å². The van der Waals surface area contributed by atoms with E-state index in [0.29, 0.717) is 25.7 Å². The van der Waals surface area contributed by atoms with Crippen LogP contribution in [0, 0.1) is 5.92 Å². The molecule has 23 heavy (non-hydrogen) atoms. The molecule has 0 spiro atoms. The van der Waals surface area contributed by atoms with E-state index in [0.717, 1.165) is 32.5 Å². The van der Waals surface area contributed by atoms with E-state index in [2.05, 4.69) is 5.32 Å². The number of hydrogen-bond donors (Lipinski definition) is 1. The minimum Gasteiger partial charge on any atom is -0.444 e. The zero-order chi connectivity index (χ0) is 17.3. The Labute approximate surface area is 140 Å². The van der Waals surface area contributed by atoms with Gasteiger partial charge in [-0.05, 0) is 59.9 Å². The molecular weight excluding hydrogens is 296 g/mol. The second-order valence-electron chi connectivity index (χ2n) is 6.91. The Kier molecular flexibility index (Phi) is 8.87. The molecule has 0 aromatic rings. The van der Waals surface area contributed by atoms with Gasteiger partial charge in [-0.3, -0.25) is 0 Å². The van der Waals surface area contributed by atoms with Gasteiger partial charge in [0, 0.05) is 32.8 Å². The second kappa shape index (κ2) is 10.1. The van der Waals surface area contributed by atoms with E-state index in [4.69, 9.17) is 14.2 Å². The van der Waals surface area contributed by atoms with E-state index in [9.17, 15) is 4.79 Å². The van der Waals surface area contributed by atoms with Crippen molar-refractivity contribution in [1.29, 1.82) is 0 Å². The predicted octanol–water partition coefficient (Wildman–Crippen LogP) is 2.62. The molecule has 1 N–H and O–H groups in total. The smallest absolute Gasteiger partial charge is 0.410 e. The molecule has 6 nitrogen and oxygen atoms in total. The van der Waals surface area contributed by atoms with E-state index < -0.39 is 5.60 Å². The maximum Gasteiger partial charge on any atom is 0.410 e. The fourth-order valence-electron chi connectivity index (χ4n) is 2.59. The first-order valence-electron chi connectivity index (χ1n) is 8.77. The van der Waals surface area contributed by atoms with Gasteiger partial charge in [0.15, 0.2) is 6.29 Å². The summed E-state index contributed by atoms with van der Waals surface area (Å²) in [5, 5.41) is 3.42. The average molecular weight is 330 g/mol. The highest BCUT2D eigenvalue weighted by Crippen LogP contribution is 2.19. The maximum atomic E-state index is 12.0. The van der Waals surface area contributed by atoms with Crippen molar-refractivity contribution in [2.45, 2.75) is 59.4 Å². The summed E-state index contributed by atoms with van der Waals surface area (Å²) in [4.78, 5) is 13.8. The normalized spacial score (nSPS) is 16.9. The van der Waals surface area contributed by atoms with Crippen molar-refractivity contribution in [2.75, 3.05) is 39.4 Å². The summed E-state index contributed by atoms with van der Waals surface area (Å²) >= 11 is 0. The monoisotopic (exact) mass is 330 g/mol. The first-order valence-corrected chi connectivity index (χ1v) is 8.77. The van der Waals surface area contributed by atoms with Crippen LogP contribution in [-0.2, 0) is 14.2 Å². The van der Waals surface area contributed by atoms with E-state index in [1.807, 2.05) is 39.5 Å². The molecule has 6 heteroatoms. The van der Waals surface area contributed by atoms with Crippen molar-refractivity contribution in [2.24, 2.45) is 5.92 Å². The van der Waals surface area contributed by atoms with Crippen molar-refractivity contribution in [3.63, 3.8) is 0 Å².